The minimum absolute atomic E-state index is 0.207. The van der Waals surface area contributed by atoms with E-state index in [1.54, 1.807) is 0 Å². The van der Waals surface area contributed by atoms with E-state index in [0.717, 1.165) is 38.3 Å². The van der Waals surface area contributed by atoms with Crippen LogP contribution < -0.4 is 0 Å². The van der Waals surface area contributed by atoms with Crippen molar-refractivity contribution in [1.29, 1.82) is 0 Å². The highest BCUT2D eigenvalue weighted by Gasteiger charge is 2.24. The summed E-state index contributed by atoms with van der Waals surface area (Å²) in [7, 11) is 0. The van der Waals surface area contributed by atoms with E-state index in [9.17, 15) is 8.78 Å². The maximum atomic E-state index is 13.1. The molecule has 4 heteroatoms. The summed E-state index contributed by atoms with van der Waals surface area (Å²) in [5, 5.41) is 8.86. The summed E-state index contributed by atoms with van der Waals surface area (Å²) in [5.74, 6) is -1.03. The minimum atomic E-state index is -0.517. The molecular weight excluding hydrogens is 236 g/mol. The molecule has 18 heavy (non-hydrogen) atoms. The SMILES string of the molecule is OCCCC1CCCN1Cc1cc(F)cc(F)c1. The fourth-order valence-electron chi connectivity index (χ4n) is 2.69. The summed E-state index contributed by atoms with van der Waals surface area (Å²) in [4.78, 5) is 2.25. The van der Waals surface area contributed by atoms with Gasteiger partial charge in [0.25, 0.3) is 0 Å². The first kappa shape index (κ1) is 13.4. The summed E-state index contributed by atoms with van der Waals surface area (Å²) in [6.45, 7) is 1.76. The van der Waals surface area contributed by atoms with E-state index in [4.69, 9.17) is 5.11 Å². The predicted molar refractivity (Wildman–Crippen MR) is 66.1 cm³/mol. The molecular formula is C14H19F2NO. The van der Waals surface area contributed by atoms with Crippen molar-refractivity contribution in [3.8, 4) is 0 Å². The second kappa shape index (κ2) is 6.25. The summed E-state index contributed by atoms with van der Waals surface area (Å²) in [6.07, 6.45) is 3.97. The van der Waals surface area contributed by atoms with Crippen LogP contribution in [0.25, 0.3) is 0 Å². The van der Waals surface area contributed by atoms with Crippen LogP contribution in [0.2, 0.25) is 0 Å². The Hall–Kier alpha value is -1.00. The molecule has 1 aliphatic rings. The number of benzene rings is 1. The van der Waals surface area contributed by atoms with Crippen molar-refractivity contribution in [3.63, 3.8) is 0 Å². The first-order valence-electron chi connectivity index (χ1n) is 6.49. The van der Waals surface area contributed by atoms with Crippen LogP contribution >= 0.6 is 0 Å². The van der Waals surface area contributed by atoms with E-state index >= 15 is 0 Å². The van der Waals surface area contributed by atoms with Gasteiger partial charge in [0.1, 0.15) is 11.6 Å². The summed E-state index contributed by atoms with van der Waals surface area (Å²) < 4.78 is 26.2. The maximum absolute atomic E-state index is 13.1. The second-order valence-corrected chi connectivity index (χ2v) is 4.91. The normalized spacial score (nSPS) is 20.5. The number of rotatable bonds is 5. The average molecular weight is 255 g/mol. The first-order chi connectivity index (χ1) is 8.69. The highest BCUT2D eigenvalue weighted by Crippen LogP contribution is 2.23. The molecule has 1 aliphatic heterocycles. The molecule has 1 aromatic carbocycles. The lowest BCUT2D eigenvalue weighted by atomic mass is 10.1. The molecule has 0 amide bonds. The molecule has 1 unspecified atom stereocenters. The molecule has 1 aromatic rings. The topological polar surface area (TPSA) is 23.5 Å². The molecule has 0 aromatic heterocycles. The molecule has 0 saturated carbocycles. The Bertz CT molecular complexity index is 377. The lowest BCUT2D eigenvalue weighted by Crippen LogP contribution is -2.29. The van der Waals surface area contributed by atoms with Gasteiger partial charge in [-0.05, 0) is 49.9 Å². The van der Waals surface area contributed by atoms with E-state index < -0.39 is 11.6 Å². The lowest BCUT2D eigenvalue weighted by molar-refractivity contribution is 0.210. The van der Waals surface area contributed by atoms with Gasteiger partial charge in [0.15, 0.2) is 0 Å². The Kier molecular flexibility index (Phi) is 4.66. The van der Waals surface area contributed by atoms with E-state index in [0.29, 0.717) is 18.2 Å². The fourth-order valence-corrected chi connectivity index (χ4v) is 2.69. The molecule has 1 N–H and O–H groups in total. The van der Waals surface area contributed by atoms with Crippen molar-refractivity contribution < 1.29 is 13.9 Å². The molecule has 1 saturated heterocycles. The third-order valence-electron chi connectivity index (χ3n) is 3.50. The molecule has 0 spiro atoms. The van der Waals surface area contributed by atoms with Crippen LogP contribution in [-0.2, 0) is 6.54 Å². The standard InChI is InChI=1S/C14H19F2NO/c15-12-7-11(8-13(16)9-12)10-17-5-1-3-14(17)4-2-6-18/h7-9,14,18H,1-6,10H2. The Morgan fingerprint density at radius 2 is 1.94 bits per heavy atom. The molecule has 1 fully saturated rings. The molecule has 2 nitrogen and oxygen atoms in total. The van der Waals surface area contributed by atoms with E-state index in [1.165, 1.54) is 12.1 Å². The summed E-state index contributed by atoms with van der Waals surface area (Å²) in [6, 6.07) is 4.12. The monoisotopic (exact) mass is 255 g/mol. The van der Waals surface area contributed by atoms with E-state index in [1.807, 2.05) is 0 Å². The zero-order chi connectivity index (χ0) is 13.0. The van der Waals surface area contributed by atoms with Gasteiger partial charge >= 0.3 is 0 Å². The Labute approximate surface area is 106 Å². The third-order valence-corrected chi connectivity index (χ3v) is 3.50. The predicted octanol–water partition coefficient (Wildman–Crippen LogP) is 2.70. The van der Waals surface area contributed by atoms with Crippen LogP contribution in [0.4, 0.5) is 8.78 Å². The largest absolute Gasteiger partial charge is 0.396 e. The van der Waals surface area contributed by atoms with Gasteiger partial charge in [-0.2, -0.15) is 0 Å². The Morgan fingerprint density at radius 1 is 1.22 bits per heavy atom. The number of aliphatic hydroxyl groups excluding tert-OH is 1. The molecule has 1 atom stereocenters. The number of halogens is 2. The maximum Gasteiger partial charge on any atom is 0.126 e. The molecule has 0 bridgehead atoms. The van der Waals surface area contributed by atoms with Crippen molar-refractivity contribution in [3.05, 3.63) is 35.4 Å². The molecule has 1 heterocycles. The zero-order valence-electron chi connectivity index (χ0n) is 10.4. The van der Waals surface area contributed by atoms with Crippen molar-refractivity contribution in [2.45, 2.75) is 38.3 Å². The number of hydrogen-bond acceptors (Lipinski definition) is 2. The smallest absolute Gasteiger partial charge is 0.126 e. The van der Waals surface area contributed by atoms with Crippen LogP contribution in [0, 0.1) is 11.6 Å². The summed E-state index contributed by atoms with van der Waals surface area (Å²) in [5.41, 5.74) is 0.684. The number of hydrogen-bond donors (Lipinski definition) is 1. The van der Waals surface area contributed by atoms with Gasteiger partial charge in [-0.1, -0.05) is 0 Å². The van der Waals surface area contributed by atoms with Crippen LogP contribution in [0.5, 0.6) is 0 Å². The van der Waals surface area contributed by atoms with Gasteiger partial charge < -0.3 is 5.11 Å². The average Bonchev–Trinajstić information content (AvgIpc) is 2.72. The number of aliphatic hydroxyl groups is 1. The van der Waals surface area contributed by atoms with Gasteiger partial charge in [-0.25, -0.2) is 8.78 Å². The highest BCUT2D eigenvalue weighted by atomic mass is 19.1. The second-order valence-electron chi connectivity index (χ2n) is 4.91. The van der Waals surface area contributed by atoms with Crippen LogP contribution in [0.3, 0.4) is 0 Å². The van der Waals surface area contributed by atoms with Crippen LogP contribution in [0.15, 0.2) is 18.2 Å². The highest BCUT2D eigenvalue weighted by molar-refractivity contribution is 5.18. The van der Waals surface area contributed by atoms with Gasteiger partial charge in [0.2, 0.25) is 0 Å². The Balaban J connectivity index is 1.98. The number of nitrogens with zero attached hydrogens (tertiary/aromatic N) is 1. The van der Waals surface area contributed by atoms with Gasteiger partial charge in [-0.15, -0.1) is 0 Å². The first-order valence-corrected chi connectivity index (χ1v) is 6.49. The van der Waals surface area contributed by atoms with Crippen molar-refractivity contribution in [2.24, 2.45) is 0 Å². The number of likely N-dealkylation sites (tertiary alicyclic amines) is 1. The zero-order valence-corrected chi connectivity index (χ0v) is 10.4. The fraction of sp³-hybridized carbons (Fsp3) is 0.571. The lowest BCUT2D eigenvalue weighted by Gasteiger charge is -2.24. The summed E-state index contributed by atoms with van der Waals surface area (Å²) >= 11 is 0. The minimum Gasteiger partial charge on any atom is -0.396 e. The van der Waals surface area contributed by atoms with Crippen LogP contribution in [-0.4, -0.2) is 29.2 Å². The van der Waals surface area contributed by atoms with E-state index in [-0.39, 0.29) is 6.61 Å². The quantitative estimate of drug-likeness (QED) is 0.874. The Morgan fingerprint density at radius 3 is 2.61 bits per heavy atom. The third kappa shape index (κ3) is 3.50. The van der Waals surface area contributed by atoms with Gasteiger partial charge in [-0.3, -0.25) is 4.90 Å². The van der Waals surface area contributed by atoms with Crippen molar-refractivity contribution in [1.82, 2.24) is 4.90 Å². The van der Waals surface area contributed by atoms with Crippen molar-refractivity contribution >= 4 is 0 Å². The molecule has 100 valence electrons. The van der Waals surface area contributed by atoms with Gasteiger partial charge in [0, 0.05) is 25.3 Å². The molecule has 0 aliphatic carbocycles. The molecule has 2 rings (SSSR count). The van der Waals surface area contributed by atoms with E-state index in [2.05, 4.69) is 4.90 Å². The molecule has 0 radical (unpaired) electrons. The van der Waals surface area contributed by atoms with Gasteiger partial charge in [0.05, 0.1) is 0 Å². The van der Waals surface area contributed by atoms with Crippen LogP contribution in [0.1, 0.15) is 31.2 Å². The van der Waals surface area contributed by atoms with Crippen molar-refractivity contribution in [2.75, 3.05) is 13.2 Å².